The molecule has 0 amide bonds. The number of ether oxygens (including phenoxy) is 1. The van der Waals surface area contributed by atoms with E-state index in [1.165, 1.54) is 7.11 Å². The molecule has 1 aromatic carbocycles. The highest BCUT2D eigenvalue weighted by molar-refractivity contribution is 5.90. The smallest absolute Gasteiger partial charge is 0.337 e. The topological polar surface area (TPSA) is 77.2 Å². The van der Waals surface area contributed by atoms with Gasteiger partial charge in [-0.25, -0.2) is 4.79 Å². The van der Waals surface area contributed by atoms with E-state index >= 15 is 0 Å². The number of benzene rings is 1. The molecule has 20 heavy (non-hydrogen) atoms. The Labute approximate surface area is 117 Å². The van der Waals surface area contributed by atoms with Crippen LogP contribution in [0, 0.1) is 0 Å². The molecule has 1 N–H and O–H groups in total. The van der Waals surface area contributed by atoms with Gasteiger partial charge in [0.15, 0.2) is 5.82 Å². The van der Waals surface area contributed by atoms with Crippen LogP contribution in [0.4, 0.5) is 5.69 Å². The first-order valence-electron chi connectivity index (χ1n) is 6.35. The lowest BCUT2D eigenvalue weighted by atomic mass is 10.2. The quantitative estimate of drug-likeness (QED) is 0.845. The van der Waals surface area contributed by atoms with E-state index in [4.69, 9.17) is 4.52 Å². The summed E-state index contributed by atoms with van der Waals surface area (Å²) in [7, 11) is 1.36. The second-order valence-corrected chi connectivity index (χ2v) is 4.63. The van der Waals surface area contributed by atoms with Crippen LogP contribution in [-0.4, -0.2) is 23.2 Å². The molecule has 6 nitrogen and oxygen atoms in total. The van der Waals surface area contributed by atoms with Crippen LogP contribution in [0.1, 0.15) is 41.8 Å². The van der Waals surface area contributed by atoms with Crippen molar-refractivity contribution in [2.24, 2.45) is 0 Å². The number of aromatic nitrogens is 2. The fraction of sp³-hybridized carbons (Fsp3) is 0.357. The van der Waals surface area contributed by atoms with Gasteiger partial charge in [-0.1, -0.05) is 25.1 Å². The number of nitrogens with zero attached hydrogens (tertiary/aromatic N) is 2. The van der Waals surface area contributed by atoms with Crippen LogP contribution in [-0.2, 0) is 11.3 Å². The molecule has 0 atom stereocenters. The molecule has 2 rings (SSSR count). The monoisotopic (exact) mass is 275 g/mol. The molecule has 0 spiro atoms. The van der Waals surface area contributed by atoms with Gasteiger partial charge in [-0.05, 0) is 18.2 Å². The molecular weight excluding hydrogens is 258 g/mol. The Morgan fingerprint density at radius 3 is 2.90 bits per heavy atom. The Kier molecular flexibility index (Phi) is 4.34. The van der Waals surface area contributed by atoms with Gasteiger partial charge in [-0.15, -0.1) is 0 Å². The summed E-state index contributed by atoms with van der Waals surface area (Å²) >= 11 is 0. The number of hydrogen-bond donors (Lipinski definition) is 1. The standard InChI is InChI=1S/C14H17N3O3/c1-9(2)13-16-12(20-17-13)8-15-11-6-4-5-10(7-11)14(18)19-3/h4-7,9,15H,8H2,1-3H3. The second-order valence-electron chi connectivity index (χ2n) is 4.63. The summed E-state index contributed by atoms with van der Waals surface area (Å²) in [5.41, 5.74) is 1.28. The van der Waals surface area contributed by atoms with Crippen LogP contribution in [0.5, 0.6) is 0 Å². The van der Waals surface area contributed by atoms with Crippen molar-refractivity contribution >= 4 is 11.7 Å². The Bertz CT molecular complexity index is 593. The maximum atomic E-state index is 11.4. The van der Waals surface area contributed by atoms with E-state index in [0.717, 1.165) is 5.69 Å². The lowest BCUT2D eigenvalue weighted by molar-refractivity contribution is 0.0601. The van der Waals surface area contributed by atoms with Gasteiger partial charge in [0.05, 0.1) is 19.2 Å². The van der Waals surface area contributed by atoms with Crippen molar-refractivity contribution in [1.29, 1.82) is 0 Å². The van der Waals surface area contributed by atoms with E-state index in [1.807, 2.05) is 19.9 Å². The van der Waals surface area contributed by atoms with Crippen molar-refractivity contribution in [3.05, 3.63) is 41.5 Å². The van der Waals surface area contributed by atoms with Crippen LogP contribution in [0.3, 0.4) is 0 Å². The third-order valence-electron chi connectivity index (χ3n) is 2.73. The number of methoxy groups -OCH3 is 1. The lowest BCUT2D eigenvalue weighted by Crippen LogP contribution is -2.04. The van der Waals surface area contributed by atoms with Crippen LogP contribution >= 0.6 is 0 Å². The van der Waals surface area contributed by atoms with Gasteiger partial charge >= 0.3 is 5.97 Å². The summed E-state index contributed by atoms with van der Waals surface area (Å²) in [4.78, 5) is 15.7. The fourth-order valence-electron chi connectivity index (χ4n) is 1.63. The predicted octanol–water partition coefficient (Wildman–Crippen LogP) is 2.59. The summed E-state index contributed by atoms with van der Waals surface area (Å²) in [5.74, 6) is 1.06. The summed E-state index contributed by atoms with van der Waals surface area (Å²) in [6.07, 6.45) is 0. The van der Waals surface area contributed by atoms with Gasteiger partial charge in [0.25, 0.3) is 0 Å². The molecule has 0 saturated carbocycles. The summed E-state index contributed by atoms with van der Waals surface area (Å²) < 4.78 is 9.81. The minimum Gasteiger partial charge on any atom is -0.465 e. The zero-order valence-electron chi connectivity index (χ0n) is 11.7. The van der Waals surface area contributed by atoms with Crippen LogP contribution in [0.25, 0.3) is 0 Å². The molecule has 0 aliphatic carbocycles. The maximum Gasteiger partial charge on any atom is 0.337 e. The zero-order chi connectivity index (χ0) is 14.5. The van der Waals surface area contributed by atoms with E-state index in [1.54, 1.807) is 18.2 Å². The first kappa shape index (κ1) is 14.0. The summed E-state index contributed by atoms with van der Waals surface area (Å²) in [6, 6.07) is 7.04. The van der Waals surface area contributed by atoms with E-state index < -0.39 is 0 Å². The second kappa shape index (κ2) is 6.18. The average molecular weight is 275 g/mol. The third-order valence-corrected chi connectivity index (χ3v) is 2.73. The molecule has 1 heterocycles. The number of hydrogen-bond acceptors (Lipinski definition) is 6. The number of nitrogens with one attached hydrogen (secondary N) is 1. The first-order valence-corrected chi connectivity index (χ1v) is 6.35. The fourth-order valence-corrected chi connectivity index (χ4v) is 1.63. The zero-order valence-corrected chi connectivity index (χ0v) is 11.7. The highest BCUT2D eigenvalue weighted by atomic mass is 16.5. The van der Waals surface area contributed by atoms with Gasteiger partial charge in [0, 0.05) is 11.6 Å². The molecule has 0 fully saturated rings. The minimum absolute atomic E-state index is 0.232. The molecule has 0 bridgehead atoms. The predicted molar refractivity (Wildman–Crippen MR) is 73.5 cm³/mol. The molecule has 106 valence electrons. The minimum atomic E-state index is -0.367. The van der Waals surface area contributed by atoms with Crippen molar-refractivity contribution in [2.75, 3.05) is 12.4 Å². The van der Waals surface area contributed by atoms with E-state index in [-0.39, 0.29) is 11.9 Å². The van der Waals surface area contributed by atoms with Crippen LogP contribution < -0.4 is 5.32 Å². The number of carbonyl (C=O) groups is 1. The summed E-state index contributed by atoms with van der Waals surface area (Å²) in [5, 5.41) is 7.02. The van der Waals surface area contributed by atoms with Gasteiger partial charge in [-0.2, -0.15) is 4.98 Å². The van der Waals surface area contributed by atoms with E-state index in [2.05, 4.69) is 20.2 Å². The molecule has 2 aromatic rings. The van der Waals surface area contributed by atoms with Gasteiger partial charge in [-0.3, -0.25) is 0 Å². The largest absolute Gasteiger partial charge is 0.465 e. The van der Waals surface area contributed by atoms with Gasteiger partial charge in [0.2, 0.25) is 5.89 Å². The maximum absolute atomic E-state index is 11.4. The Balaban J connectivity index is 2.01. The van der Waals surface area contributed by atoms with Crippen LogP contribution in [0.2, 0.25) is 0 Å². The SMILES string of the molecule is COC(=O)c1cccc(NCc2nc(C(C)C)no2)c1. The normalized spacial score (nSPS) is 10.6. The number of anilines is 1. The van der Waals surface area contributed by atoms with Gasteiger partial charge < -0.3 is 14.6 Å². The number of carbonyl (C=O) groups excluding carboxylic acids is 1. The molecule has 0 saturated heterocycles. The highest BCUT2D eigenvalue weighted by Crippen LogP contribution is 2.14. The molecule has 6 heteroatoms. The van der Waals surface area contributed by atoms with Crippen molar-refractivity contribution in [2.45, 2.75) is 26.3 Å². The Hall–Kier alpha value is -2.37. The van der Waals surface area contributed by atoms with Gasteiger partial charge in [0.1, 0.15) is 0 Å². The van der Waals surface area contributed by atoms with Crippen LogP contribution in [0.15, 0.2) is 28.8 Å². The Morgan fingerprint density at radius 2 is 2.25 bits per heavy atom. The molecule has 0 aliphatic rings. The van der Waals surface area contributed by atoms with Crippen molar-refractivity contribution < 1.29 is 14.1 Å². The van der Waals surface area contributed by atoms with Crippen molar-refractivity contribution in [1.82, 2.24) is 10.1 Å². The molecule has 0 radical (unpaired) electrons. The average Bonchev–Trinajstić information content (AvgIpc) is 2.93. The molecule has 0 unspecified atom stereocenters. The van der Waals surface area contributed by atoms with E-state index in [0.29, 0.717) is 23.8 Å². The lowest BCUT2D eigenvalue weighted by Gasteiger charge is -2.05. The number of esters is 1. The molecule has 1 aromatic heterocycles. The first-order chi connectivity index (χ1) is 9.60. The van der Waals surface area contributed by atoms with Crippen molar-refractivity contribution in [3.8, 4) is 0 Å². The molecule has 0 aliphatic heterocycles. The highest BCUT2D eigenvalue weighted by Gasteiger charge is 2.10. The van der Waals surface area contributed by atoms with Crippen molar-refractivity contribution in [3.63, 3.8) is 0 Å². The Morgan fingerprint density at radius 1 is 1.45 bits per heavy atom. The summed E-state index contributed by atoms with van der Waals surface area (Å²) in [6.45, 7) is 4.41. The third kappa shape index (κ3) is 3.34. The number of rotatable bonds is 5. The molecular formula is C14H17N3O3. The van der Waals surface area contributed by atoms with E-state index in [9.17, 15) is 4.79 Å².